The molecule has 1 aromatic rings. The van der Waals surface area contributed by atoms with Crippen LogP contribution in [0.15, 0.2) is 18.2 Å². The lowest BCUT2D eigenvalue weighted by Gasteiger charge is -2.38. The van der Waals surface area contributed by atoms with E-state index in [0.717, 1.165) is 51.0 Å². The van der Waals surface area contributed by atoms with Crippen LogP contribution in [0.5, 0.6) is 11.5 Å². The second-order valence-electron chi connectivity index (χ2n) is 8.52. The van der Waals surface area contributed by atoms with Crippen LogP contribution < -0.4 is 9.47 Å². The molecule has 2 aliphatic rings. The first-order chi connectivity index (χ1) is 14.9. The Bertz CT molecular complexity index is 775. The van der Waals surface area contributed by atoms with Gasteiger partial charge in [-0.1, -0.05) is 18.5 Å². The zero-order valence-corrected chi connectivity index (χ0v) is 19.9. The molecular weight excluding hydrogens is 416 g/mol. The number of halogens is 1. The lowest BCUT2D eigenvalue weighted by atomic mass is 10.1. The van der Waals surface area contributed by atoms with Crippen molar-refractivity contribution >= 4 is 23.6 Å². The second kappa shape index (κ2) is 11.2. The van der Waals surface area contributed by atoms with Gasteiger partial charge in [-0.2, -0.15) is 0 Å². The largest absolute Gasteiger partial charge is 0.493 e. The topological polar surface area (TPSA) is 51.2 Å². The third kappa shape index (κ3) is 6.37. The highest BCUT2D eigenvalue weighted by molar-refractivity contribution is 6.32. The number of hydrogen-bond acceptors (Lipinski definition) is 5. The third-order valence-electron chi connectivity index (χ3n) is 5.75. The number of hydrogen-bond donors (Lipinski definition) is 0. The minimum atomic E-state index is 0.0401. The predicted molar refractivity (Wildman–Crippen MR) is 124 cm³/mol. The Morgan fingerprint density at radius 2 is 2.03 bits per heavy atom. The number of nitrogens with zero attached hydrogens (tertiary/aromatic N) is 2. The van der Waals surface area contributed by atoms with Crippen LogP contribution in [0, 0.1) is 0 Å². The van der Waals surface area contributed by atoms with E-state index in [-0.39, 0.29) is 24.2 Å². The summed E-state index contributed by atoms with van der Waals surface area (Å²) >= 11 is 6.40. The van der Waals surface area contributed by atoms with Crippen molar-refractivity contribution in [2.75, 3.05) is 39.9 Å². The van der Waals surface area contributed by atoms with Crippen LogP contribution in [0.25, 0.3) is 6.08 Å². The van der Waals surface area contributed by atoms with Gasteiger partial charge in [-0.15, -0.1) is 0 Å². The predicted octanol–water partition coefficient (Wildman–Crippen LogP) is 4.25. The van der Waals surface area contributed by atoms with E-state index in [4.69, 9.17) is 25.8 Å². The molecule has 0 aliphatic carbocycles. The van der Waals surface area contributed by atoms with Crippen LogP contribution in [-0.2, 0) is 9.53 Å². The average molecular weight is 451 g/mol. The Morgan fingerprint density at radius 1 is 1.29 bits per heavy atom. The van der Waals surface area contributed by atoms with Crippen molar-refractivity contribution < 1.29 is 19.0 Å². The molecule has 0 saturated carbocycles. The van der Waals surface area contributed by atoms with Crippen LogP contribution >= 0.6 is 11.6 Å². The summed E-state index contributed by atoms with van der Waals surface area (Å²) in [7, 11) is 1.59. The van der Waals surface area contributed by atoms with Gasteiger partial charge in [0.25, 0.3) is 0 Å². The lowest BCUT2D eigenvalue weighted by Crippen LogP contribution is -2.50. The molecule has 2 aliphatic heterocycles. The summed E-state index contributed by atoms with van der Waals surface area (Å²) in [6.07, 6.45) is 6.88. The zero-order chi connectivity index (χ0) is 22.4. The average Bonchev–Trinajstić information content (AvgIpc) is 3.18. The van der Waals surface area contributed by atoms with Gasteiger partial charge in [-0.25, -0.2) is 0 Å². The molecule has 31 heavy (non-hydrogen) atoms. The van der Waals surface area contributed by atoms with Crippen LogP contribution in [0.1, 0.15) is 45.6 Å². The molecule has 3 rings (SSSR count). The summed E-state index contributed by atoms with van der Waals surface area (Å²) in [5.41, 5.74) is 0.811. The minimum Gasteiger partial charge on any atom is -0.493 e. The molecule has 0 aromatic heterocycles. The summed E-state index contributed by atoms with van der Waals surface area (Å²) in [5, 5.41) is 0.481. The maximum Gasteiger partial charge on any atom is 0.246 e. The van der Waals surface area contributed by atoms with Crippen LogP contribution in [0.2, 0.25) is 5.02 Å². The molecular formula is C24H35ClN2O4. The fourth-order valence-electron chi connectivity index (χ4n) is 4.49. The van der Waals surface area contributed by atoms with Gasteiger partial charge in [0, 0.05) is 38.3 Å². The zero-order valence-electron chi connectivity index (χ0n) is 19.1. The molecule has 0 spiro atoms. The van der Waals surface area contributed by atoms with Crippen molar-refractivity contribution in [3.8, 4) is 11.5 Å². The first-order valence-electron chi connectivity index (χ1n) is 11.3. The van der Waals surface area contributed by atoms with Gasteiger partial charge in [0.2, 0.25) is 5.91 Å². The van der Waals surface area contributed by atoms with Gasteiger partial charge in [-0.05, 0) is 56.9 Å². The first kappa shape index (κ1) is 23.9. The molecule has 172 valence electrons. The van der Waals surface area contributed by atoms with Gasteiger partial charge in [0.1, 0.15) is 0 Å². The lowest BCUT2D eigenvalue weighted by molar-refractivity contribution is -0.127. The van der Waals surface area contributed by atoms with E-state index in [2.05, 4.69) is 18.7 Å². The monoisotopic (exact) mass is 450 g/mol. The van der Waals surface area contributed by atoms with E-state index in [0.29, 0.717) is 23.1 Å². The molecule has 2 saturated heterocycles. The molecule has 7 heteroatoms. The van der Waals surface area contributed by atoms with Gasteiger partial charge in [0.05, 0.1) is 30.9 Å². The molecule has 2 heterocycles. The SMILES string of the molecule is CCCOc1c(Cl)cc(/C=C/C(=O)N2CCCC2CN2CC(C)OC(C)C2)cc1OC. The quantitative estimate of drug-likeness (QED) is 0.554. The molecule has 1 aromatic carbocycles. The maximum atomic E-state index is 13.0. The number of carbonyl (C=O) groups is 1. The van der Waals surface area contributed by atoms with Gasteiger partial charge >= 0.3 is 0 Å². The normalized spacial score (nSPS) is 24.7. The van der Waals surface area contributed by atoms with E-state index in [1.807, 2.05) is 17.9 Å². The smallest absolute Gasteiger partial charge is 0.246 e. The minimum absolute atomic E-state index is 0.0401. The van der Waals surface area contributed by atoms with Crippen molar-refractivity contribution in [2.24, 2.45) is 0 Å². The molecule has 0 N–H and O–H groups in total. The van der Waals surface area contributed by atoms with Gasteiger partial charge in [0.15, 0.2) is 11.5 Å². The summed E-state index contributed by atoms with van der Waals surface area (Å²) < 4.78 is 17.0. The number of morpholine rings is 1. The highest BCUT2D eigenvalue weighted by Gasteiger charge is 2.31. The highest BCUT2D eigenvalue weighted by Crippen LogP contribution is 2.37. The van der Waals surface area contributed by atoms with Gasteiger partial charge in [-0.3, -0.25) is 9.69 Å². The molecule has 3 unspecified atom stereocenters. The number of rotatable bonds is 8. The molecule has 6 nitrogen and oxygen atoms in total. The maximum absolute atomic E-state index is 13.0. The van der Waals surface area contributed by atoms with Crippen molar-refractivity contribution in [3.05, 3.63) is 28.8 Å². The van der Waals surface area contributed by atoms with Crippen LogP contribution in [-0.4, -0.2) is 73.9 Å². The van der Waals surface area contributed by atoms with Gasteiger partial charge < -0.3 is 19.1 Å². The molecule has 1 amide bonds. The standard InChI is InChI=1S/C24H35ClN2O4/c1-5-11-30-24-21(25)12-19(13-22(24)29-4)8-9-23(28)27-10-6-7-20(27)16-26-14-17(2)31-18(3)15-26/h8-9,12-13,17-18,20H,5-7,10-11,14-16H2,1-4H3/b9-8+. The van der Waals surface area contributed by atoms with E-state index in [9.17, 15) is 4.79 Å². The number of likely N-dealkylation sites (tertiary alicyclic amines) is 1. The van der Waals surface area contributed by atoms with Crippen LogP contribution in [0.3, 0.4) is 0 Å². The fourth-order valence-corrected chi connectivity index (χ4v) is 4.76. The van der Waals surface area contributed by atoms with Crippen molar-refractivity contribution in [2.45, 2.75) is 58.3 Å². The Balaban J connectivity index is 1.65. The number of methoxy groups -OCH3 is 1. The summed E-state index contributed by atoms with van der Waals surface area (Å²) in [5.74, 6) is 1.16. The molecule has 0 bridgehead atoms. The van der Waals surface area contributed by atoms with Crippen molar-refractivity contribution in [1.82, 2.24) is 9.80 Å². The summed E-state index contributed by atoms with van der Waals surface area (Å²) in [6.45, 7) is 10.4. The Kier molecular flexibility index (Phi) is 8.64. The number of benzene rings is 1. The highest BCUT2D eigenvalue weighted by atomic mass is 35.5. The molecule has 0 radical (unpaired) electrons. The van der Waals surface area contributed by atoms with E-state index < -0.39 is 0 Å². The molecule has 3 atom stereocenters. The van der Waals surface area contributed by atoms with Crippen molar-refractivity contribution in [3.63, 3.8) is 0 Å². The summed E-state index contributed by atoms with van der Waals surface area (Å²) in [4.78, 5) is 17.4. The van der Waals surface area contributed by atoms with Crippen LogP contribution in [0.4, 0.5) is 0 Å². The number of amides is 1. The number of ether oxygens (including phenoxy) is 3. The Hall–Kier alpha value is -1.76. The fraction of sp³-hybridized carbons (Fsp3) is 0.625. The van der Waals surface area contributed by atoms with E-state index in [1.54, 1.807) is 25.3 Å². The van der Waals surface area contributed by atoms with E-state index >= 15 is 0 Å². The second-order valence-corrected chi connectivity index (χ2v) is 8.93. The Morgan fingerprint density at radius 3 is 2.71 bits per heavy atom. The van der Waals surface area contributed by atoms with E-state index in [1.165, 1.54) is 0 Å². The third-order valence-corrected chi connectivity index (χ3v) is 6.03. The first-order valence-corrected chi connectivity index (χ1v) is 11.7. The summed E-state index contributed by atoms with van der Waals surface area (Å²) in [6, 6.07) is 3.90. The Labute approximate surface area is 191 Å². The molecule has 2 fully saturated rings. The van der Waals surface area contributed by atoms with Crippen molar-refractivity contribution in [1.29, 1.82) is 0 Å². The number of carbonyl (C=O) groups excluding carboxylic acids is 1.